The highest BCUT2D eigenvalue weighted by Gasteiger charge is 2.31. The molecule has 0 unspecified atom stereocenters. The summed E-state index contributed by atoms with van der Waals surface area (Å²) in [7, 11) is 1.89. The van der Waals surface area contributed by atoms with E-state index in [-0.39, 0.29) is 5.91 Å². The molecule has 25 heavy (non-hydrogen) atoms. The Morgan fingerprint density at radius 2 is 1.92 bits per heavy atom. The van der Waals surface area contributed by atoms with Gasteiger partial charge in [0.05, 0.1) is 16.6 Å². The van der Waals surface area contributed by atoms with Crippen molar-refractivity contribution in [1.29, 1.82) is 0 Å². The largest absolute Gasteiger partial charge is 0.337 e. The molecule has 2 saturated heterocycles. The fourth-order valence-electron chi connectivity index (χ4n) is 4.45. The van der Waals surface area contributed by atoms with Crippen molar-refractivity contribution in [1.82, 2.24) is 24.6 Å². The maximum Gasteiger partial charge on any atom is 0.254 e. The highest BCUT2D eigenvalue weighted by Crippen LogP contribution is 2.26. The number of carbonyl (C=O) groups excluding carboxylic acids is 1. The van der Waals surface area contributed by atoms with Crippen molar-refractivity contribution in [3.8, 4) is 0 Å². The number of hydrogen-bond acceptors (Lipinski definition) is 4. The third-order valence-corrected chi connectivity index (χ3v) is 5.67. The summed E-state index contributed by atoms with van der Waals surface area (Å²) < 4.78 is 1.78. The lowest BCUT2D eigenvalue weighted by molar-refractivity contribution is 0.0609. The van der Waals surface area contributed by atoms with Gasteiger partial charge in [0, 0.05) is 31.9 Å². The van der Waals surface area contributed by atoms with Crippen molar-refractivity contribution in [2.75, 3.05) is 26.2 Å². The van der Waals surface area contributed by atoms with E-state index < -0.39 is 0 Å². The van der Waals surface area contributed by atoms with Crippen LogP contribution in [0.25, 0.3) is 11.0 Å². The number of pyridine rings is 1. The number of nitrogens with zero attached hydrogens (tertiary/aromatic N) is 5. The average molecular weight is 341 g/mol. The predicted octanol–water partition coefficient (Wildman–Crippen LogP) is 2.29. The predicted molar refractivity (Wildman–Crippen MR) is 97.7 cm³/mol. The van der Waals surface area contributed by atoms with E-state index >= 15 is 0 Å². The van der Waals surface area contributed by atoms with Gasteiger partial charge in [-0.2, -0.15) is 5.10 Å². The molecule has 1 amide bonds. The van der Waals surface area contributed by atoms with Gasteiger partial charge >= 0.3 is 0 Å². The number of rotatable bonds is 2. The van der Waals surface area contributed by atoms with Gasteiger partial charge in [0.25, 0.3) is 5.91 Å². The van der Waals surface area contributed by atoms with E-state index in [1.54, 1.807) is 4.68 Å². The Morgan fingerprint density at radius 1 is 1.16 bits per heavy atom. The lowest BCUT2D eigenvalue weighted by Gasteiger charge is -2.37. The molecule has 6 nitrogen and oxygen atoms in total. The highest BCUT2D eigenvalue weighted by atomic mass is 16.2. The third kappa shape index (κ3) is 2.92. The first-order valence-electron chi connectivity index (χ1n) is 9.39. The normalized spacial score (nSPS) is 22.0. The topological polar surface area (TPSA) is 54.3 Å². The second kappa shape index (κ2) is 6.41. The molecule has 1 atom stereocenters. The molecule has 2 aliphatic rings. The quantitative estimate of drug-likeness (QED) is 0.841. The Morgan fingerprint density at radius 3 is 2.68 bits per heavy atom. The van der Waals surface area contributed by atoms with Crippen LogP contribution >= 0.6 is 0 Å². The summed E-state index contributed by atoms with van der Waals surface area (Å²) in [6.45, 7) is 7.98. The van der Waals surface area contributed by atoms with Gasteiger partial charge in [0.15, 0.2) is 5.65 Å². The minimum absolute atomic E-state index is 0.135. The van der Waals surface area contributed by atoms with E-state index in [2.05, 4.69) is 15.0 Å². The summed E-state index contributed by atoms with van der Waals surface area (Å²) in [6, 6.07) is 2.45. The van der Waals surface area contributed by atoms with Crippen LogP contribution in [0.5, 0.6) is 0 Å². The number of amides is 1. The average Bonchev–Trinajstić information content (AvgIpc) is 3.23. The molecular formula is C19H27N5O. The van der Waals surface area contributed by atoms with Crippen LogP contribution in [0.1, 0.15) is 47.4 Å². The van der Waals surface area contributed by atoms with Crippen LogP contribution < -0.4 is 0 Å². The van der Waals surface area contributed by atoms with Gasteiger partial charge in [-0.1, -0.05) is 0 Å². The molecule has 134 valence electrons. The van der Waals surface area contributed by atoms with Gasteiger partial charge in [0.1, 0.15) is 0 Å². The summed E-state index contributed by atoms with van der Waals surface area (Å²) in [5.41, 5.74) is 3.30. The van der Waals surface area contributed by atoms with Gasteiger partial charge in [0.2, 0.25) is 0 Å². The Hall–Kier alpha value is -1.95. The molecule has 2 aromatic heterocycles. The fraction of sp³-hybridized carbons (Fsp3) is 0.632. The maximum absolute atomic E-state index is 13.3. The zero-order valence-electron chi connectivity index (χ0n) is 15.5. The van der Waals surface area contributed by atoms with Crippen LogP contribution in [0.2, 0.25) is 0 Å². The van der Waals surface area contributed by atoms with Crippen LogP contribution in [-0.4, -0.2) is 62.7 Å². The SMILES string of the molecule is Cc1cc(C(=O)N2CCC[C@H](N3CCCC3)C2)c2c(C)nn(C)c2n1. The van der Waals surface area contributed by atoms with Crippen molar-refractivity contribution >= 4 is 16.9 Å². The van der Waals surface area contributed by atoms with E-state index in [0.717, 1.165) is 47.5 Å². The molecule has 2 fully saturated rings. The summed E-state index contributed by atoms with van der Waals surface area (Å²) >= 11 is 0. The minimum Gasteiger partial charge on any atom is -0.337 e. The third-order valence-electron chi connectivity index (χ3n) is 5.67. The molecule has 4 heterocycles. The van der Waals surface area contributed by atoms with E-state index in [1.165, 1.54) is 32.4 Å². The molecule has 0 saturated carbocycles. The number of fused-ring (bicyclic) bond motifs is 1. The summed E-state index contributed by atoms with van der Waals surface area (Å²) in [5.74, 6) is 0.135. The lowest BCUT2D eigenvalue weighted by Crippen LogP contribution is -2.49. The van der Waals surface area contributed by atoms with Crippen molar-refractivity contribution < 1.29 is 4.79 Å². The number of aromatic nitrogens is 3. The minimum atomic E-state index is 0.135. The molecule has 0 aliphatic carbocycles. The Balaban J connectivity index is 1.65. The molecule has 0 aromatic carbocycles. The number of aryl methyl sites for hydroxylation is 3. The van der Waals surface area contributed by atoms with E-state index in [9.17, 15) is 4.79 Å². The van der Waals surface area contributed by atoms with Crippen molar-refractivity contribution in [3.05, 3.63) is 23.0 Å². The molecule has 2 aliphatic heterocycles. The van der Waals surface area contributed by atoms with Gasteiger partial charge in [-0.3, -0.25) is 14.4 Å². The summed E-state index contributed by atoms with van der Waals surface area (Å²) in [4.78, 5) is 22.5. The van der Waals surface area contributed by atoms with Gasteiger partial charge in [-0.15, -0.1) is 0 Å². The zero-order chi connectivity index (χ0) is 17.6. The number of hydrogen-bond donors (Lipinski definition) is 0. The van der Waals surface area contributed by atoms with Crippen LogP contribution in [-0.2, 0) is 7.05 Å². The van der Waals surface area contributed by atoms with E-state index in [0.29, 0.717) is 6.04 Å². The second-order valence-corrected chi connectivity index (χ2v) is 7.51. The number of piperidine rings is 1. The van der Waals surface area contributed by atoms with Crippen molar-refractivity contribution in [2.45, 2.75) is 45.6 Å². The van der Waals surface area contributed by atoms with Crippen LogP contribution in [0.15, 0.2) is 6.07 Å². The van der Waals surface area contributed by atoms with Crippen molar-refractivity contribution in [3.63, 3.8) is 0 Å². The molecule has 0 spiro atoms. The van der Waals surface area contributed by atoms with Gasteiger partial charge < -0.3 is 4.90 Å². The molecule has 0 bridgehead atoms. The highest BCUT2D eigenvalue weighted by molar-refractivity contribution is 6.06. The first-order chi connectivity index (χ1) is 12.0. The second-order valence-electron chi connectivity index (χ2n) is 7.51. The maximum atomic E-state index is 13.3. The molecule has 2 aromatic rings. The molecule has 0 N–H and O–H groups in total. The molecule has 0 radical (unpaired) electrons. The van der Waals surface area contributed by atoms with Crippen LogP contribution in [0, 0.1) is 13.8 Å². The smallest absolute Gasteiger partial charge is 0.254 e. The molecule has 4 rings (SSSR count). The Bertz CT molecular complexity index is 806. The fourth-order valence-corrected chi connectivity index (χ4v) is 4.45. The Kier molecular flexibility index (Phi) is 4.23. The number of carbonyl (C=O) groups is 1. The monoisotopic (exact) mass is 341 g/mol. The van der Waals surface area contributed by atoms with Crippen LogP contribution in [0.3, 0.4) is 0 Å². The summed E-state index contributed by atoms with van der Waals surface area (Å²) in [5, 5.41) is 5.38. The number of likely N-dealkylation sites (tertiary alicyclic amines) is 2. The zero-order valence-corrected chi connectivity index (χ0v) is 15.5. The molecular weight excluding hydrogens is 314 g/mol. The van der Waals surface area contributed by atoms with Gasteiger partial charge in [-0.05, 0) is 58.7 Å². The first-order valence-corrected chi connectivity index (χ1v) is 9.39. The molecule has 6 heteroatoms. The van der Waals surface area contributed by atoms with Crippen molar-refractivity contribution in [2.24, 2.45) is 7.05 Å². The van der Waals surface area contributed by atoms with Gasteiger partial charge in [-0.25, -0.2) is 4.98 Å². The standard InChI is InChI=1S/C19H27N5O/c1-13-11-16(17-14(2)21-22(3)18(17)20-13)19(25)24-10-6-7-15(12-24)23-8-4-5-9-23/h11,15H,4-10,12H2,1-3H3/t15-/m0/s1. The summed E-state index contributed by atoms with van der Waals surface area (Å²) in [6.07, 6.45) is 4.89. The van der Waals surface area contributed by atoms with E-state index in [1.807, 2.05) is 31.9 Å². The van der Waals surface area contributed by atoms with Crippen LogP contribution in [0.4, 0.5) is 0 Å². The first kappa shape index (κ1) is 16.5. The Labute approximate surface area is 148 Å². The lowest BCUT2D eigenvalue weighted by atomic mass is 10.0. The van der Waals surface area contributed by atoms with E-state index in [4.69, 9.17) is 0 Å².